The molecule has 3 N–H and O–H groups in total. The van der Waals surface area contributed by atoms with E-state index in [1.807, 2.05) is 12.1 Å². The number of amides is 1. The average molecular weight is 593 g/mol. The highest BCUT2D eigenvalue weighted by atomic mass is 35.5. The number of H-pyrrole nitrogens is 1. The molecule has 0 saturated carbocycles. The normalized spacial score (nSPS) is 10.6. The zero-order valence-electron chi connectivity index (χ0n) is 19.7. The molecule has 4 aromatic rings. The van der Waals surface area contributed by atoms with Gasteiger partial charge in [0.15, 0.2) is 11.6 Å². The molecular formula is C26H14Cl2F4N4O4. The summed E-state index contributed by atoms with van der Waals surface area (Å²) in [4.78, 5) is 24.4. The second-order valence-electron chi connectivity index (χ2n) is 7.82. The number of carboxylic acids is 1. The maximum absolute atomic E-state index is 15.1. The van der Waals surface area contributed by atoms with Crippen molar-refractivity contribution in [3.8, 4) is 23.6 Å². The molecule has 0 aliphatic carbocycles. The molecule has 3 aromatic carbocycles. The molecular weight excluding hydrogens is 579 g/mol. The molecule has 0 saturated heterocycles. The van der Waals surface area contributed by atoms with Crippen molar-refractivity contribution in [2.24, 2.45) is 0 Å². The van der Waals surface area contributed by atoms with Crippen molar-refractivity contribution in [3.63, 3.8) is 0 Å². The predicted octanol–water partition coefficient (Wildman–Crippen LogP) is 6.71. The van der Waals surface area contributed by atoms with Crippen molar-refractivity contribution < 1.29 is 37.0 Å². The Bertz CT molecular complexity index is 1690. The largest absolute Gasteiger partial charge is 0.490 e. The molecule has 4 rings (SSSR count). The first-order valence-electron chi connectivity index (χ1n) is 10.8. The fourth-order valence-electron chi connectivity index (χ4n) is 3.20. The van der Waals surface area contributed by atoms with Crippen LogP contribution >= 0.6 is 23.2 Å². The van der Waals surface area contributed by atoms with E-state index in [1.54, 1.807) is 24.3 Å². The molecule has 0 unspecified atom stereocenters. The van der Waals surface area contributed by atoms with Gasteiger partial charge in [-0.3, -0.25) is 4.79 Å². The zero-order valence-corrected chi connectivity index (χ0v) is 21.2. The summed E-state index contributed by atoms with van der Waals surface area (Å²) in [7, 11) is 0. The summed E-state index contributed by atoms with van der Waals surface area (Å²) in [6.45, 7) is -0.129. The van der Waals surface area contributed by atoms with Gasteiger partial charge in [-0.15, -0.1) is 0 Å². The van der Waals surface area contributed by atoms with Gasteiger partial charge in [-0.2, -0.15) is 23.7 Å². The highest BCUT2D eigenvalue weighted by Gasteiger charge is 2.38. The van der Waals surface area contributed by atoms with Crippen molar-refractivity contribution >= 4 is 46.0 Å². The maximum atomic E-state index is 15.1. The minimum atomic E-state index is -5.08. The summed E-state index contributed by atoms with van der Waals surface area (Å²) >= 11 is 12.1. The number of halogens is 6. The minimum Gasteiger partial charge on any atom is -0.475 e. The number of aromatic nitrogens is 1. The van der Waals surface area contributed by atoms with Crippen LogP contribution in [0.4, 0.5) is 17.6 Å². The van der Waals surface area contributed by atoms with E-state index in [1.165, 1.54) is 30.3 Å². The van der Waals surface area contributed by atoms with Crippen molar-refractivity contribution in [2.45, 2.75) is 12.7 Å². The molecule has 1 amide bonds. The lowest BCUT2D eigenvalue weighted by Crippen LogP contribution is -2.23. The number of aromatic amines is 1. The van der Waals surface area contributed by atoms with Gasteiger partial charge < -0.3 is 20.1 Å². The molecule has 0 spiro atoms. The van der Waals surface area contributed by atoms with Gasteiger partial charge >= 0.3 is 12.1 Å². The van der Waals surface area contributed by atoms with Gasteiger partial charge in [-0.1, -0.05) is 35.3 Å². The van der Waals surface area contributed by atoms with Crippen LogP contribution < -0.4 is 10.1 Å². The zero-order chi connectivity index (χ0) is 29.6. The average Bonchev–Trinajstić information content (AvgIpc) is 3.33. The van der Waals surface area contributed by atoms with Crippen LogP contribution in [0, 0.1) is 28.5 Å². The van der Waals surface area contributed by atoms with Crippen LogP contribution in [0.1, 0.15) is 27.2 Å². The highest BCUT2D eigenvalue weighted by molar-refractivity contribution is 6.32. The lowest BCUT2D eigenvalue weighted by atomic mass is 10.2. The Morgan fingerprint density at radius 1 is 1.00 bits per heavy atom. The van der Waals surface area contributed by atoms with Gasteiger partial charge in [0, 0.05) is 28.0 Å². The van der Waals surface area contributed by atoms with Crippen LogP contribution in [0.15, 0.2) is 54.6 Å². The number of nitrogens with zero attached hydrogens (tertiary/aromatic N) is 2. The molecule has 0 radical (unpaired) electrons. The lowest BCUT2D eigenvalue weighted by Gasteiger charge is -2.13. The van der Waals surface area contributed by atoms with E-state index in [0.717, 1.165) is 5.39 Å². The Labute approximate surface area is 232 Å². The van der Waals surface area contributed by atoms with Gasteiger partial charge in [-0.25, -0.2) is 9.18 Å². The number of aliphatic carboxylic acids is 1. The third-order valence-corrected chi connectivity index (χ3v) is 5.54. The molecule has 1 aromatic heterocycles. The van der Waals surface area contributed by atoms with Gasteiger partial charge in [0.2, 0.25) is 0 Å². The van der Waals surface area contributed by atoms with E-state index in [9.17, 15) is 18.0 Å². The number of ether oxygens (including phenoxy) is 1. The standard InChI is InChI=1S/C24H13Cl2FN4O2.C2HF3O2/c25-17-5-14(11-29)6-18(9-17)33-23-19(26)4-3-16(22(23)27)12-30-24(32)21-8-15-2-1-13(10-28)7-20(15)31-21;3-2(4,5)1(6)7/h1-9,31H,12H2,(H,30,32);(H,6,7). The summed E-state index contributed by atoms with van der Waals surface area (Å²) in [5.41, 5.74) is 1.78. The summed E-state index contributed by atoms with van der Waals surface area (Å²) in [5, 5.41) is 28.9. The number of carboxylic acid groups (broad SMARTS) is 1. The number of rotatable bonds is 5. The number of nitrogens with one attached hydrogen (secondary N) is 2. The van der Waals surface area contributed by atoms with Gasteiger partial charge in [-0.05, 0) is 42.5 Å². The van der Waals surface area contributed by atoms with Crippen molar-refractivity contribution in [2.75, 3.05) is 0 Å². The Morgan fingerprint density at radius 2 is 1.68 bits per heavy atom. The van der Waals surface area contributed by atoms with E-state index in [4.69, 9.17) is 48.4 Å². The molecule has 0 fully saturated rings. The summed E-state index contributed by atoms with van der Waals surface area (Å²) in [6.07, 6.45) is -5.08. The molecule has 0 atom stereocenters. The monoisotopic (exact) mass is 592 g/mol. The number of benzene rings is 3. The molecule has 8 nitrogen and oxygen atoms in total. The van der Waals surface area contributed by atoms with Crippen LogP contribution in [-0.2, 0) is 11.3 Å². The fourth-order valence-corrected chi connectivity index (χ4v) is 3.61. The second kappa shape index (κ2) is 12.4. The smallest absolute Gasteiger partial charge is 0.475 e. The Morgan fingerprint density at radius 3 is 2.30 bits per heavy atom. The summed E-state index contributed by atoms with van der Waals surface area (Å²) in [5.74, 6) is -4.06. The van der Waals surface area contributed by atoms with E-state index in [2.05, 4.69) is 10.3 Å². The van der Waals surface area contributed by atoms with Crippen molar-refractivity contribution in [1.29, 1.82) is 10.5 Å². The van der Waals surface area contributed by atoms with Crippen molar-refractivity contribution in [3.05, 3.63) is 92.8 Å². The Hall–Kier alpha value is -4.78. The summed E-state index contributed by atoms with van der Waals surface area (Å²) in [6, 6.07) is 17.8. The Kier molecular flexibility index (Phi) is 9.22. The third-order valence-electron chi connectivity index (χ3n) is 5.03. The van der Waals surface area contributed by atoms with Crippen molar-refractivity contribution in [1.82, 2.24) is 10.3 Å². The van der Waals surface area contributed by atoms with E-state index in [-0.39, 0.29) is 44.9 Å². The van der Waals surface area contributed by atoms with Crippen LogP contribution in [0.5, 0.6) is 11.5 Å². The molecule has 14 heteroatoms. The second-order valence-corrected chi connectivity index (χ2v) is 8.67. The predicted molar refractivity (Wildman–Crippen MR) is 136 cm³/mol. The van der Waals surface area contributed by atoms with Gasteiger partial charge in [0.1, 0.15) is 11.4 Å². The lowest BCUT2D eigenvalue weighted by molar-refractivity contribution is -0.192. The third kappa shape index (κ3) is 7.41. The van der Waals surface area contributed by atoms with Gasteiger partial charge in [0.05, 0.1) is 28.3 Å². The van der Waals surface area contributed by atoms with Crippen LogP contribution in [0.2, 0.25) is 10.0 Å². The SMILES string of the molecule is N#Cc1cc(Cl)cc(Oc2c(Cl)ccc(CNC(=O)c3cc4ccc(C#N)cc4[nH]3)c2F)c1.O=C(O)C(F)(F)F. The molecule has 0 aliphatic rings. The number of alkyl halides is 3. The highest BCUT2D eigenvalue weighted by Crippen LogP contribution is 2.35. The fraction of sp³-hybridized carbons (Fsp3) is 0.0769. The van der Waals surface area contributed by atoms with Gasteiger partial charge in [0.25, 0.3) is 5.91 Å². The minimum absolute atomic E-state index is 0.0185. The van der Waals surface area contributed by atoms with Crippen LogP contribution in [0.25, 0.3) is 10.9 Å². The number of carbonyl (C=O) groups excluding carboxylic acids is 1. The Balaban J connectivity index is 0.000000559. The first kappa shape index (κ1) is 29.8. The topological polar surface area (TPSA) is 139 Å². The first-order valence-corrected chi connectivity index (χ1v) is 11.5. The van der Waals surface area contributed by atoms with Crippen LogP contribution in [-0.4, -0.2) is 28.1 Å². The first-order chi connectivity index (χ1) is 18.8. The number of fused-ring (bicyclic) bond motifs is 1. The summed E-state index contributed by atoms with van der Waals surface area (Å²) < 4.78 is 52.4. The van der Waals surface area contributed by atoms with E-state index < -0.39 is 23.9 Å². The van der Waals surface area contributed by atoms with E-state index in [0.29, 0.717) is 11.1 Å². The quantitative estimate of drug-likeness (QED) is 0.220. The molecule has 0 bridgehead atoms. The number of nitriles is 2. The molecule has 40 heavy (non-hydrogen) atoms. The maximum Gasteiger partial charge on any atom is 0.490 e. The molecule has 204 valence electrons. The number of carbonyl (C=O) groups is 2. The van der Waals surface area contributed by atoms with Crippen LogP contribution in [0.3, 0.4) is 0 Å². The molecule has 1 heterocycles. The van der Waals surface area contributed by atoms with E-state index >= 15 is 4.39 Å². The number of hydrogen-bond acceptors (Lipinski definition) is 5. The molecule has 0 aliphatic heterocycles. The number of hydrogen-bond donors (Lipinski definition) is 3.